The van der Waals surface area contributed by atoms with Crippen molar-refractivity contribution in [1.29, 1.82) is 0 Å². The molecule has 1 unspecified atom stereocenters. The SMILES string of the molecule is Cc1cc(C)c(CNC(=O)C(C)N)c(C)c1.Cl. The molecule has 0 aliphatic heterocycles. The Labute approximate surface area is 109 Å². The van der Waals surface area contributed by atoms with Gasteiger partial charge in [0.2, 0.25) is 5.91 Å². The number of carbonyl (C=O) groups excluding carboxylic acids is 1. The smallest absolute Gasteiger partial charge is 0.236 e. The maximum atomic E-state index is 11.4. The van der Waals surface area contributed by atoms with Gasteiger partial charge in [0.15, 0.2) is 0 Å². The number of hydrogen-bond acceptors (Lipinski definition) is 2. The molecule has 0 aliphatic carbocycles. The lowest BCUT2D eigenvalue weighted by molar-refractivity contribution is -0.122. The average Bonchev–Trinajstić information content (AvgIpc) is 2.15. The molecule has 17 heavy (non-hydrogen) atoms. The lowest BCUT2D eigenvalue weighted by Crippen LogP contribution is -2.38. The summed E-state index contributed by atoms with van der Waals surface area (Å²) in [5.74, 6) is -0.112. The summed E-state index contributed by atoms with van der Waals surface area (Å²) in [5.41, 5.74) is 10.3. The van der Waals surface area contributed by atoms with Gasteiger partial charge in [0, 0.05) is 6.54 Å². The molecule has 0 saturated carbocycles. The standard InChI is InChI=1S/C13H20N2O.ClH/c1-8-5-9(2)12(10(3)6-8)7-15-13(16)11(4)14;/h5-6,11H,7,14H2,1-4H3,(H,15,16);1H. The number of aryl methyl sites for hydroxylation is 3. The molecule has 0 aliphatic rings. The van der Waals surface area contributed by atoms with E-state index in [2.05, 4.69) is 38.2 Å². The maximum Gasteiger partial charge on any atom is 0.236 e. The summed E-state index contributed by atoms with van der Waals surface area (Å²) in [7, 11) is 0. The van der Waals surface area contributed by atoms with E-state index in [1.54, 1.807) is 6.92 Å². The minimum absolute atomic E-state index is 0. The third-order valence-corrected chi connectivity index (χ3v) is 2.69. The molecule has 3 nitrogen and oxygen atoms in total. The quantitative estimate of drug-likeness (QED) is 0.869. The molecule has 1 aromatic carbocycles. The van der Waals surface area contributed by atoms with Crippen molar-refractivity contribution < 1.29 is 4.79 Å². The van der Waals surface area contributed by atoms with E-state index in [1.807, 2.05) is 0 Å². The van der Waals surface area contributed by atoms with Crippen molar-refractivity contribution in [3.63, 3.8) is 0 Å². The van der Waals surface area contributed by atoms with Gasteiger partial charge in [0.25, 0.3) is 0 Å². The lowest BCUT2D eigenvalue weighted by atomic mass is 10.00. The van der Waals surface area contributed by atoms with Crippen molar-refractivity contribution in [2.75, 3.05) is 0 Å². The second-order valence-electron chi connectivity index (χ2n) is 4.38. The van der Waals surface area contributed by atoms with Crippen molar-refractivity contribution in [3.8, 4) is 0 Å². The van der Waals surface area contributed by atoms with E-state index in [0.717, 1.165) is 0 Å². The van der Waals surface area contributed by atoms with Gasteiger partial charge >= 0.3 is 0 Å². The average molecular weight is 257 g/mol. The first-order valence-electron chi connectivity index (χ1n) is 5.52. The van der Waals surface area contributed by atoms with Gasteiger partial charge in [-0.15, -0.1) is 12.4 Å². The molecule has 0 saturated heterocycles. The molecule has 3 N–H and O–H groups in total. The highest BCUT2D eigenvalue weighted by Gasteiger charge is 2.09. The fraction of sp³-hybridized carbons (Fsp3) is 0.462. The Morgan fingerprint density at radius 3 is 2.18 bits per heavy atom. The third-order valence-electron chi connectivity index (χ3n) is 2.69. The Bertz CT molecular complexity index is 379. The summed E-state index contributed by atoms with van der Waals surface area (Å²) in [4.78, 5) is 11.4. The summed E-state index contributed by atoms with van der Waals surface area (Å²) in [6, 6.07) is 3.80. The van der Waals surface area contributed by atoms with E-state index in [9.17, 15) is 4.79 Å². The minimum atomic E-state index is -0.453. The van der Waals surface area contributed by atoms with Gasteiger partial charge in [-0.25, -0.2) is 0 Å². The number of halogens is 1. The maximum absolute atomic E-state index is 11.4. The van der Waals surface area contributed by atoms with E-state index in [4.69, 9.17) is 5.73 Å². The third kappa shape index (κ3) is 4.36. The zero-order chi connectivity index (χ0) is 12.3. The van der Waals surface area contributed by atoms with Crippen molar-refractivity contribution in [1.82, 2.24) is 5.32 Å². The van der Waals surface area contributed by atoms with Crippen LogP contribution in [0.1, 0.15) is 29.2 Å². The Morgan fingerprint density at radius 2 is 1.76 bits per heavy atom. The van der Waals surface area contributed by atoms with Gasteiger partial charge in [0.05, 0.1) is 6.04 Å². The Hall–Kier alpha value is -1.06. The van der Waals surface area contributed by atoms with Gasteiger partial charge in [0.1, 0.15) is 0 Å². The van der Waals surface area contributed by atoms with E-state index in [-0.39, 0.29) is 18.3 Å². The molecule has 0 radical (unpaired) electrons. The van der Waals surface area contributed by atoms with E-state index >= 15 is 0 Å². The Kier molecular flexibility index (Phi) is 6.21. The van der Waals surface area contributed by atoms with Crippen LogP contribution in [-0.4, -0.2) is 11.9 Å². The number of rotatable bonds is 3. The molecule has 0 bridgehead atoms. The van der Waals surface area contributed by atoms with Crippen LogP contribution in [-0.2, 0) is 11.3 Å². The molecular weight excluding hydrogens is 236 g/mol. The number of benzene rings is 1. The van der Waals surface area contributed by atoms with E-state index < -0.39 is 6.04 Å². The second-order valence-corrected chi connectivity index (χ2v) is 4.38. The van der Waals surface area contributed by atoms with Crippen LogP contribution in [0.3, 0.4) is 0 Å². The highest BCUT2D eigenvalue weighted by molar-refractivity contribution is 5.85. The topological polar surface area (TPSA) is 55.1 Å². The van der Waals surface area contributed by atoms with Crippen molar-refractivity contribution >= 4 is 18.3 Å². The van der Waals surface area contributed by atoms with Crippen LogP contribution in [0, 0.1) is 20.8 Å². The predicted octanol–water partition coefficient (Wildman–Crippen LogP) is 2.00. The predicted molar refractivity (Wildman–Crippen MR) is 73.4 cm³/mol. The first-order chi connectivity index (χ1) is 7.41. The van der Waals surface area contributed by atoms with Crippen LogP contribution in [0.15, 0.2) is 12.1 Å². The molecular formula is C13H21ClN2O. The summed E-state index contributed by atoms with van der Waals surface area (Å²) in [6.07, 6.45) is 0. The van der Waals surface area contributed by atoms with Gasteiger partial charge in [-0.1, -0.05) is 17.7 Å². The number of carbonyl (C=O) groups is 1. The number of nitrogens with two attached hydrogens (primary N) is 1. The lowest BCUT2D eigenvalue weighted by Gasteiger charge is -2.13. The molecule has 0 spiro atoms. The fourth-order valence-electron chi connectivity index (χ4n) is 1.83. The van der Waals surface area contributed by atoms with Gasteiger partial charge in [-0.3, -0.25) is 4.79 Å². The molecule has 96 valence electrons. The minimum Gasteiger partial charge on any atom is -0.351 e. The highest BCUT2D eigenvalue weighted by Crippen LogP contribution is 2.15. The van der Waals surface area contributed by atoms with E-state index in [1.165, 1.54) is 22.3 Å². The molecule has 1 rings (SSSR count). The van der Waals surface area contributed by atoms with Crippen LogP contribution in [0.4, 0.5) is 0 Å². The monoisotopic (exact) mass is 256 g/mol. The number of hydrogen-bond donors (Lipinski definition) is 2. The highest BCUT2D eigenvalue weighted by atomic mass is 35.5. The molecule has 0 heterocycles. The Morgan fingerprint density at radius 1 is 1.29 bits per heavy atom. The van der Waals surface area contributed by atoms with Crippen LogP contribution >= 0.6 is 12.4 Å². The zero-order valence-corrected chi connectivity index (χ0v) is 11.6. The number of amides is 1. The molecule has 1 amide bonds. The van der Waals surface area contributed by atoms with Crippen molar-refractivity contribution in [3.05, 3.63) is 34.4 Å². The molecule has 1 aromatic rings. The van der Waals surface area contributed by atoms with Gasteiger partial charge in [-0.2, -0.15) is 0 Å². The van der Waals surface area contributed by atoms with E-state index in [0.29, 0.717) is 6.54 Å². The fourth-order valence-corrected chi connectivity index (χ4v) is 1.83. The van der Waals surface area contributed by atoms with Crippen LogP contribution < -0.4 is 11.1 Å². The number of nitrogens with one attached hydrogen (secondary N) is 1. The molecule has 1 atom stereocenters. The normalized spacial score (nSPS) is 11.6. The summed E-state index contributed by atoms with van der Waals surface area (Å²) in [5, 5.41) is 2.84. The second kappa shape index (κ2) is 6.62. The van der Waals surface area contributed by atoms with Gasteiger partial charge in [-0.05, 0) is 44.4 Å². The van der Waals surface area contributed by atoms with Crippen LogP contribution in [0.2, 0.25) is 0 Å². The van der Waals surface area contributed by atoms with Crippen LogP contribution in [0.25, 0.3) is 0 Å². The summed E-state index contributed by atoms with van der Waals surface area (Å²) < 4.78 is 0. The zero-order valence-electron chi connectivity index (χ0n) is 10.8. The summed E-state index contributed by atoms with van der Waals surface area (Å²) >= 11 is 0. The first-order valence-corrected chi connectivity index (χ1v) is 5.52. The molecule has 0 fully saturated rings. The van der Waals surface area contributed by atoms with Gasteiger partial charge < -0.3 is 11.1 Å². The first kappa shape index (κ1) is 15.9. The van der Waals surface area contributed by atoms with Crippen molar-refractivity contribution in [2.24, 2.45) is 5.73 Å². The van der Waals surface area contributed by atoms with Crippen molar-refractivity contribution in [2.45, 2.75) is 40.3 Å². The largest absolute Gasteiger partial charge is 0.351 e. The summed E-state index contributed by atoms with van der Waals surface area (Å²) in [6.45, 7) is 8.44. The van der Waals surface area contributed by atoms with Crippen LogP contribution in [0.5, 0.6) is 0 Å². The molecule has 0 aromatic heterocycles. The molecule has 4 heteroatoms. The Balaban J connectivity index is 0.00000256.